The van der Waals surface area contributed by atoms with Crippen LogP contribution in [0.15, 0.2) is 46.2 Å². The molecule has 0 heterocycles. The number of nitrogens with two attached hydrogens (primary N) is 2. The van der Waals surface area contributed by atoms with Crippen LogP contribution >= 0.6 is 0 Å². The van der Waals surface area contributed by atoms with Gasteiger partial charge in [-0.3, -0.25) is 0 Å². The lowest BCUT2D eigenvalue weighted by Crippen LogP contribution is -2.03. The van der Waals surface area contributed by atoms with Crippen LogP contribution in [0, 0.1) is 0 Å². The van der Waals surface area contributed by atoms with E-state index in [1.54, 1.807) is 0 Å². The number of rotatable bonds is 4. The van der Waals surface area contributed by atoms with Gasteiger partial charge >= 0.3 is 0 Å². The van der Waals surface area contributed by atoms with Gasteiger partial charge in [0.2, 0.25) is 0 Å². The molecule has 0 saturated carbocycles. The molecule has 24 heavy (non-hydrogen) atoms. The summed E-state index contributed by atoms with van der Waals surface area (Å²) in [5, 5.41) is 0. The van der Waals surface area contributed by atoms with Crippen LogP contribution in [0.25, 0.3) is 12.2 Å². The third-order valence-corrected chi connectivity index (χ3v) is 4.84. The Balaban J connectivity index is 2.59. The highest BCUT2D eigenvalue weighted by Gasteiger charge is 2.10. The molecule has 4 N–H and O–H groups in total. The van der Waals surface area contributed by atoms with Crippen molar-refractivity contribution in [2.75, 3.05) is 11.5 Å². The molecule has 2 aromatic carbocycles. The summed E-state index contributed by atoms with van der Waals surface area (Å²) in [4.78, 5) is -1.11. The van der Waals surface area contributed by atoms with E-state index in [1.807, 2.05) is 0 Å². The molecule has 128 valence electrons. The van der Waals surface area contributed by atoms with Crippen LogP contribution in [-0.4, -0.2) is 25.9 Å². The third kappa shape index (κ3) is 4.11. The van der Waals surface area contributed by atoms with Gasteiger partial charge < -0.3 is 20.6 Å². The molecule has 0 amide bonds. The Bertz CT molecular complexity index is 944. The van der Waals surface area contributed by atoms with Crippen LogP contribution in [0.2, 0.25) is 0 Å². The first-order valence-corrected chi connectivity index (χ1v) is 9.19. The van der Waals surface area contributed by atoms with E-state index >= 15 is 0 Å². The van der Waals surface area contributed by atoms with Gasteiger partial charge in [-0.2, -0.15) is 0 Å². The van der Waals surface area contributed by atoms with Gasteiger partial charge in [-0.15, -0.1) is 0 Å². The van der Waals surface area contributed by atoms with Gasteiger partial charge in [-0.05, 0) is 35.4 Å². The number of hydrogen-bond donors (Lipinski definition) is 2. The summed E-state index contributed by atoms with van der Waals surface area (Å²) < 4.78 is 67.7. The van der Waals surface area contributed by atoms with Gasteiger partial charge in [0.25, 0.3) is 0 Å². The van der Waals surface area contributed by atoms with Gasteiger partial charge in [-0.25, -0.2) is 16.8 Å². The fourth-order valence-corrected chi connectivity index (χ4v) is 3.40. The largest absolute Gasteiger partial charge is 0.744 e. The molecule has 0 aliphatic rings. The second-order valence-electron chi connectivity index (χ2n) is 4.84. The van der Waals surface area contributed by atoms with Crippen LogP contribution in [0.5, 0.6) is 0 Å². The van der Waals surface area contributed by atoms with E-state index in [-0.39, 0.29) is 22.5 Å². The first-order valence-electron chi connectivity index (χ1n) is 6.37. The standard InChI is InChI=1S/C14H14N2O6S2/c15-11-5-3-9(13(7-11)23(17,18)19)1-2-10-4-6-12(16)8-14(10)24(20,21)22/h1-8H,15-16H2,(H,17,18,19)(H,20,21,22)/p-2. The van der Waals surface area contributed by atoms with Gasteiger partial charge in [-0.1, -0.05) is 24.3 Å². The maximum atomic E-state index is 11.3. The molecule has 0 aliphatic carbocycles. The molecular formula is C14H12N2O6S2-2. The molecular weight excluding hydrogens is 356 g/mol. The molecule has 0 aromatic heterocycles. The van der Waals surface area contributed by atoms with Crippen LogP contribution in [0.1, 0.15) is 11.1 Å². The zero-order chi connectivity index (χ0) is 18.1. The number of hydrogen-bond acceptors (Lipinski definition) is 8. The molecule has 8 nitrogen and oxygen atoms in total. The predicted octanol–water partition coefficient (Wildman–Crippen LogP) is 0.830. The van der Waals surface area contributed by atoms with Crippen LogP contribution in [0.3, 0.4) is 0 Å². The second-order valence-corrected chi connectivity index (χ2v) is 7.53. The fourth-order valence-electron chi connectivity index (χ4n) is 1.99. The van der Waals surface area contributed by atoms with E-state index in [0.29, 0.717) is 0 Å². The topological polar surface area (TPSA) is 166 Å². The summed E-state index contributed by atoms with van der Waals surface area (Å²) in [5.41, 5.74) is 11.1. The Labute approximate surface area is 138 Å². The molecule has 0 unspecified atom stereocenters. The zero-order valence-electron chi connectivity index (χ0n) is 12.0. The molecule has 0 aliphatic heterocycles. The van der Waals surface area contributed by atoms with Crippen LogP contribution in [-0.2, 0) is 20.2 Å². The molecule has 2 rings (SSSR count). The Morgan fingerprint density at radius 3 is 1.33 bits per heavy atom. The first kappa shape index (κ1) is 17.9. The highest BCUT2D eigenvalue weighted by atomic mass is 32.2. The SMILES string of the molecule is Nc1ccc(C=Cc2ccc(N)cc2S(=O)(=O)[O-])c(S(=O)(=O)[O-])c1. The van der Waals surface area contributed by atoms with Crippen molar-refractivity contribution in [3.63, 3.8) is 0 Å². The van der Waals surface area contributed by atoms with Crippen molar-refractivity contribution >= 4 is 43.8 Å². The fraction of sp³-hybridized carbons (Fsp3) is 0. The zero-order valence-corrected chi connectivity index (χ0v) is 13.7. The second kappa shape index (κ2) is 6.24. The van der Waals surface area contributed by atoms with Crippen molar-refractivity contribution < 1.29 is 25.9 Å². The smallest absolute Gasteiger partial charge is 0.125 e. The van der Waals surface area contributed by atoms with E-state index in [4.69, 9.17) is 11.5 Å². The summed E-state index contributed by atoms with van der Waals surface area (Å²) in [7, 11) is -9.57. The molecule has 10 heteroatoms. The molecule has 2 aromatic rings. The Morgan fingerprint density at radius 2 is 1.04 bits per heavy atom. The maximum absolute atomic E-state index is 11.3. The number of nitrogen functional groups attached to an aromatic ring is 2. The van der Waals surface area contributed by atoms with E-state index < -0.39 is 30.0 Å². The average molecular weight is 368 g/mol. The minimum absolute atomic E-state index is 0.00488. The number of anilines is 2. The molecule has 0 spiro atoms. The normalized spacial score (nSPS) is 12.6. The summed E-state index contributed by atoms with van der Waals surface area (Å²) in [6.07, 6.45) is 2.40. The average Bonchev–Trinajstić information content (AvgIpc) is 2.45. The highest BCUT2D eigenvalue weighted by molar-refractivity contribution is 7.86. The minimum Gasteiger partial charge on any atom is -0.744 e. The van der Waals surface area contributed by atoms with E-state index in [2.05, 4.69) is 0 Å². The van der Waals surface area contributed by atoms with E-state index in [0.717, 1.165) is 12.1 Å². The Hall–Kier alpha value is -2.40. The predicted molar refractivity (Wildman–Crippen MR) is 86.6 cm³/mol. The van der Waals surface area contributed by atoms with Crippen molar-refractivity contribution in [2.24, 2.45) is 0 Å². The molecule has 0 saturated heterocycles. The Kier molecular flexibility index (Phi) is 4.67. The highest BCUT2D eigenvalue weighted by Crippen LogP contribution is 2.24. The van der Waals surface area contributed by atoms with Gasteiger partial charge in [0.1, 0.15) is 20.2 Å². The number of benzene rings is 2. The molecule has 0 fully saturated rings. The molecule has 0 bridgehead atoms. The van der Waals surface area contributed by atoms with Crippen LogP contribution in [0.4, 0.5) is 11.4 Å². The lowest BCUT2D eigenvalue weighted by atomic mass is 10.1. The summed E-state index contributed by atoms with van der Waals surface area (Å²) in [6.45, 7) is 0. The van der Waals surface area contributed by atoms with E-state index in [1.165, 1.54) is 36.4 Å². The summed E-state index contributed by atoms with van der Waals surface area (Å²) in [6, 6.07) is 7.33. The quantitative estimate of drug-likeness (QED) is 0.454. The first-order chi connectivity index (χ1) is 11.0. The van der Waals surface area contributed by atoms with Crippen molar-refractivity contribution in [1.82, 2.24) is 0 Å². The lowest BCUT2D eigenvalue weighted by Gasteiger charge is -2.13. The van der Waals surface area contributed by atoms with Gasteiger partial charge in [0.15, 0.2) is 0 Å². The Morgan fingerprint density at radius 1 is 0.708 bits per heavy atom. The van der Waals surface area contributed by atoms with Gasteiger partial charge in [0.05, 0.1) is 9.79 Å². The van der Waals surface area contributed by atoms with Crippen molar-refractivity contribution in [1.29, 1.82) is 0 Å². The maximum Gasteiger partial charge on any atom is 0.125 e. The van der Waals surface area contributed by atoms with Crippen LogP contribution < -0.4 is 11.5 Å². The van der Waals surface area contributed by atoms with Crippen molar-refractivity contribution in [3.05, 3.63) is 47.5 Å². The minimum atomic E-state index is -4.79. The van der Waals surface area contributed by atoms with Gasteiger partial charge in [0, 0.05) is 11.4 Å². The van der Waals surface area contributed by atoms with Crippen molar-refractivity contribution in [2.45, 2.75) is 9.79 Å². The molecule has 0 radical (unpaired) electrons. The summed E-state index contributed by atoms with van der Waals surface area (Å²) in [5.74, 6) is 0. The van der Waals surface area contributed by atoms with Crippen molar-refractivity contribution in [3.8, 4) is 0 Å². The monoisotopic (exact) mass is 368 g/mol. The lowest BCUT2D eigenvalue weighted by molar-refractivity contribution is 0.460. The van der Waals surface area contributed by atoms with E-state index in [9.17, 15) is 25.9 Å². The molecule has 0 atom stereocenters. The third-order valence-electron chi connectivity index (χ3n) is 3.06. The summed E-state index contributed by atoms with van der Waals surface area (Å²) >= 11 is 0.